The standard InChI is InChI=1S/C9H18N2O2S/c1-7(14)11-5-3-8(4-6-11)9(12)10-13-2/h7-8,14H,3-6H2,1-2H3,(H,10,12). The van der Waals surface area contributed by atoms with Crippen LogP contribution < -0.4 is 5.48 Å². The number of carbonyl (C=O) groups excluding carboxylic acids is 1. The maximum atomic E-state index is 11.4. The van der Waals surface area contributed by atoms with Crippen molar-refractivity contribution < 1.29 is 9.63 Å². The summed E-state index contributed by atoms with van der Waals surface area (Å²) in [5.74, 6) is 0.0947. The van der Waals surface area contributed by atoms with E-state index in [2.05, 4.69) is 34.8 Å². The highest BCUT2D eigenvalue weighted by Crippen LogP contribution is 2.19. The van der Waals surface area contributed by atoms with Gasteiger partial charge < -0.3 is 0 Å². The molecule has 1 saturated heterocycles. The predicted molar refractivity (Wildman–Crippen MR) is 57.9 cm³/mol. The van der Waals surface area contributed by atoms with Crippen molar-refractivity contribution in [2.75, 3.05) is 20.2 Å². The Hall–Kier alpha value is -0.260. The van der Waals surface area contributed by atoms with Crippen molar-refractivity contribution in [2.45, 2.75) is 25.1 Å². The summed E-state index contributed by atoms with van der Waals surface area (Å²) in [5, 5.41) is 0.279. The van der Waals surface area contributed by atoms with Gasteiger partial charge in [0, 0.05) is 11.3 Å². The predicted octanol–water partition coefficient (Wildman–Crippen LogP) is 0.652. The van der Waals surface area contributed by atoms with Crippen LogP contribution in [0.3, 0.4) is 0 Å². The van der Waals surface area contributed by atoms with E-state index < -0.39 is 0 Å². The number of hydrogen-bond acceptors (Lipinski definition) is 4. The van der Waals surface area contributed by atoms with Gasteiger partial charge in [0.1, 0.15) is 0 Å². The molecule has 1 aliphatic heterocycles. The first-order valence-corrected chi connectivity index (χ1v) is 5.41. The van der Waals surface area contributed by atoms with Crippen molar-refractivity contribution in [1.82, 2.24) is 10.4 Å². The van der Waals surface area contributed by atoms with Crippen molar-refractivity contribution in [2.24, 2.45) is 5.92 Å². The Labute approximate surface area is 90.3 Å². The Bertz CT molecular complexity index is 191. The zero-order chi connectivity index (χ0) is 10.6. The van der Waals surface area contributed by atoms with E-state index in [-0.39, 0.29) is 17.2 Å². The van der Waals surface area contributed by atoms with E-state index in [0.717, 1.165) is 25.9 Å². The van der Waals surface area contributed by atoms with Crippen LogP contribution in [0, 0.1) is 5.92 Å². The second kappa shape index (κ2) is 5.58. The van der Waals surface area contributed by atoms with Crippen LogP contribution >= 0.6 is 12.6 Å². The molecular formula is C9H18N2O2S. The summed E-state index contributed by atoms with van der Waals surface area (Å²) in [4.78, 5) is 18.3. The number of rotatable bonds is 3. The van der Waals surface area contributed by atoms with Crippen LogP contribution in [0.15, 0.2) is 0 Å². The normalized spacial score (nSPS) is 21.9. The zero-order valence-electron chi connectivity index (χ0n) is 8.69. The Kier molecular flexibility index (Phi) is 4.71. The fraction of sp³-hybridized carbons (Fsp3) is 0.889. The second-order valence-electron chi connectivity index (χ2n) is 3.61. The number of hydrogen-bond donors (Lipinski definition) is 2. The molecule has 1 heterocycles. The average molecular weight is 218 g/mol. The summed E-state index contributed by atoms with van der Waals surface area (Å²) in [5.41, 5.74) is 2.38. The molecule has 1 aliphatic rings. The molecule has 1 rings (SSSR count). The van der Waals surface area contributed by atoms with Gasteiger partial charge in [0.15, 0.2) is 0 Å². The third-order valence-corrected chi connectivity index (χ3v) is 2.96. The second-order valence-corrected chi connectivity index (χ2v) is 4.36. The first-order chi connectivity index (χ1) is 6.65. The number of amides is 1. The number of piperidine rings is 1. The number of thiol groups is 1. The van der Waals surface area contributed by atoms with Gasteiger partial charge in [-0.1, -0.05) is 0 Å². The lowest BCUT2D eigenvalue weighted by Crippen LogP contribution is -2.42. The molecule has 0 saturated carbocycles. The van der Waals surface area contributed by atoms with E-state index in [9.17, 15) is 4.79 Å². The van der Waals surface area contributed by atoms with Gasteiger partial charge in [-0.15, -0.1) is 0 Å². The SMILES string of the molecule is CONC(=O)C1CCN(C(C)S)CC1. The highest BCUT2D eigenvalue weighted by molar-refractivity contribution is 7.80. The lowest BCUT2D eigenvalue weighted by molar-refractivity contribution is -0.137. The molecular weight excluding hydrogens is 200 g/mol. The monoisotopic (exact) mass is 218 g/mol. The Morgan fingerprint density at radius 3 is 2.57 bits per heavy atom. The average Bonchev–Trinajstić information content (AvgIpc) is 2.18. The van der Waals surface area contributed by atoms with E-state index in [4.69, 9.17) is 0 Å². The van der Waals surface area contributed by atoms with Crippen molar-refractivity contribution in [1.29, 1.82) is 0 Å². The molecule has 0 radical (unpaired) electrons. The van der Waals surface area contributed by atoms with Gasteiger partial charge in [-0.05, 0) is 32.9 Å². The van der Waals surface area contributed by atoms with Gasteiger partial charge in [-0.2, -0.15) is 12.6 Å². The van der Waals surface area contributed by atoms with Crippen LogP contribution in [0.2, 0.25) is 0 Å². The van der Waals surface area contributed by atoms with Crippen molar-refractivity contribution in [3.8, 4) is 0 Å². The molecule has 0 aromatic rings. The lowest BCUT2D eigenvalue weighted by atomic mass is 9.96. The summed E-state index contributed by atoms with van der Waals surface area (Å²) in [6, 6.07) is 0. The zero-order valence-corrected chi connectivity index (χ0v) is 9.59. The van der Waals surface area contributed by atoms with Crippen LogP contribution in [-0.4, -0.2) is 36.4 Å². The molecule has 0 spiro atoms. The van der Waals surface area contributed by atoms with E-state index in [0.29, 0.717) is 0 Å². The maximum Gasteiger partial charge on any atom is 0.246 e. The van der Waals surface area contributed by atoms with Crippen molar-refractivity contribution >= 4 is 18.5 Å². The molecule has 82 valence electrons. The molecule has 0 aliphatic carbocycles. The summed E-state index contributed by atoms with van der Waals surface area (Å²) in [7, 11) is 1.46. The topological polar surface area (TPSA) is 41.6 Å². The van der Waals surface area contributed by atoms with Gasteiger partial charge in [0.25, 0.3) is 0 Å². The summed E-state index contributed by atoms with van der Waals surface area (Å²) in [6.07, 6.45) is 1.78. The fourth-order valence-electron chi connectivity index (χ4n) is 1.72. The molecule has 1 amide bonds. The molecule has 14 heavy (non-hydrogen) atoms. The van der Waals surface area contributed by atoms with Crippen LogP contribution in [0.5, 0.6) is 0 Å². The minimum atomic E-state index is -0.000956. The molecule has 1 atom stereocenters. The minimum absolute atomic E-state index is 0.000956. The van der Waals surface area contributed by atoms with Crippen LogP contribution in [0.4, 0.5) is 0 Å². The Balaban J connectivity index is 2.31. The molecule has 1 N–H and O–H groups in total. The summed E-state index contributed by atoms with van der Waals surface area (Å²) >= 11 is 4.36. The molecule has 0 bridgehead atoms. The smallest absolute Gasteiger partial charge is 0.246 e. The number of nitrogens with one attached hydrogen (secondary N) is 1. The molecule has 1 unspecified atom stereocenters. The van der Waals surface area contributed by atoms with Crippen LogP contribution in [-0.2, 0) is 9.63 Å². The first-order valence-electron chi connectivity index (χ1n) is 4.90. The number of hydroxylamine groups is 1. The van der Waals surface area contributed by atoms with Gasteiger partial charge in [0.2, 0.25) is 5.91 Å². The third-order valence-electron chi connectivity index (χ3n) is 2.63. The fourth-order valence-corrected chi connectivity index (χ4v) is 1.95. The van der Waals surface area contributed by atoms with Crippen LogP contribution in [0.25, 0.3) is 0 Å². The summed E-state index contributed by atoms with van der Waals surface area (Å²) < 4.78 is 0. The summed E-state index contributed by atoms with van der Waals surface area (Å²) in [6.45, 7) is 3.93. The Morgan fingerprint density at radius 1 is 1.57 bits per heavy atom. The van der Waals surface area contributed by atoms with Crippen LogP contribution in [0.1, 0.15) is 19.8 Å². The minimum Gasteiger partial charge on any atom is -0.292 e. The quantitative estimate of drug-likeness (QED) is 0.540. The lowest BCUT2D eigenvalue weighted by Gasteiger charge is -2.33. The number of likely N-dealkylation sites (tertiary alicyclic amines) is 1. The van der Waals surface area contributed by atoms with Gasteiger partial charge in [-0.25, -0.2) is 5.48 Å². The van der Waals surface area contributed by atoms with Gasteiger partial charge >= 0.3 is 0 Å². The highest BCUT2D eigenvalue weighted by atomic mass is 32.1. The third kappa shape index (κ3) is 3.15. The molecule has 4 nitrogen and oxygen atoms in total. The Morgan fingerprint density at radius 2 is 2.14 bits per heavy atom. The molecule has 0 aromatic carbocycles. The van der Waals surface area contributed by atoms with E-state index >= 15 is 0 Å². The largest absolute Gasteiger partial charge is 0.292 e. The number of nitrogens with zero attached hydrogens (tertiary/aromatic N) is 1. The van der Waals surface area contributed by atoms with Gasteiger partial charge in [-0.3, -0.25) is 14.5 Å². The number of carbonyl (C=O) groups is 1. The molecule has 5 heteroatoms. The van der Waals surface area contributed by atoms with E-state index in [1.54, 1.807) is 0 Å². The molecule has 0 aromatic heterocycles. The molecule has 1 fully saturated rings. The van der Waals surface area contributed by atoms with E-state index in [1.165, 1.54) is 7.11 Å². The van der Waals surface area contributed by atoms with Crippen molar-refractivity contribution in [3.05, 3.63) is 0 Å². The first kappa shape index (κ1) is 11.8. The highest BCUT2D eigenvalue weighted by Gasteiger charge is 2.25. The van der Waals surface area contributed by atoms with Crippen molar-refractivity contribution in [3.63, 3.8) is 0 Å². The maximum absolute atomic E-state index is 11.4. The van der Waals surface area contributed by atoms with E-state index in [1.807, 2.05) is 0 Å². The van der Waals surface area contributed by atoms with Gasteiger partial charge in [0.05, 0.1) is 7.11 Å².